The smallest absolute Gasteiger partial charge is 0.251 e. The molecule has 2 N–H and O–H groups in total. The number of carbonyl (C=O) groups excluding carboxylic acids is 1. The summed E-state index contributed by atoms with van der Waals surface area (Å²) in [5.74, 6) is 1.23. The topological polar surface area (TPSA) is 80.7 Å². The Hall–Kier alpha value is -2.60. The van der Waals surface area contributed by atoms with E-state index in [0.29, 0.717) is 29.9 Å². The molecule has 0 spiro atoms. The number of nitrogens with one attached hydrogen (secondary N) is 1. The predicted octanol–water partition coefficient (Wildman–Crippen LogP) is 2.05. The SMILES string of the molecule is O=C(N[C@H](c1ccccn1)C1CC(O)C1)c1ccc2c(c1)OCO2. The Labute approximate surface area is 139 Å². The molecule has 0 radical (unpaired) electrons. The van der Waals surface area contributed by atoms with Crippen molar-refractivity contribution in [1.82, 2.24) is 10.3 Å². The molecule has 2 heterocycles. The van der Waals surface area contributed by atoms with E-state index in [9.17, 15) is 9.90 Å². The highest BCUT2D eigenvalue weighted by Gasteiger charge is 2.36. The Balaban J connectivity index is 1.55. The number of carbonyl (C=O) groups is 1. The molecule has 1 saturated carbocycles. The minimum atomic E-state index is -0.288. The number of pyridine rings is 1. The first-order chi connectivity index (χ1) is 11.7. The molecule has 2 aliphatic rings. The van der Waals surface area contributed by atoms with Gasteiger partial charge >= 0.3 is 0 Å². The first-order valence-corrected chi connectivity index (χ1v) is 8.00. The van der Waals surface area contributed by atoms with Crippen molar-refractivity contribution in [2.45, 2.75) is 25.0 Å². The van der Waals surface area contributed by atoms with Gasteiger partial charge in [0.15, 0.2) is 11.5 Å². The maximum absolute atomic E-state index is 12.7. The van der Waals surface area contributed by atoms with Crippen molar-refractivity contribution in [3.8, 4) is 11.5 Å². The Bertz CT molecular complexity index is 744. The number of rotatable bonds is 4. The van der Waals surface area contributed by atoms with Gasteiger partial charge in [0.25, 0.3) is 5.91 Å². The molecule has 124 valence electrons. The van der Waals surface area contributed by atoms with Crippen molar-refractivity contribution in [2.75, 3.05) is 6.79 Å². The van der Waals surface area contributed by atoms with E-state index >= 15 is 0 Å². The number of aromatic nitrogens is 1. The van der Waals surface area contributed by atoms with Gasteiger partial charge < -0.3 is 19.9 Å². The average molecular weight is 326 g/mol. The maximum Gasteiger partial charge on any atom is 0.251 e. The number of aliphatic hydroxyl groups is 1. The number of ether oxygens (including phenoxy) is 2. The monoisotopic (exact) mass is 326 g/mol. The first kappa shape index (κ1) is 15.0. The summed E-state index contributed by atoms with van der Waals surface area (Å²) in [6.07, 6.45) is 2.76. The van der Waals surface area contributed by atoms with E-state index in [1.165, 1.54) is 0 Å². The van der Waals surface area contributed by atoms with Crippen LogP contribution in [0, 0.1) is 5.92 Å². The van der Waals surface area contributed by atoms with Crippen LogP contribution in [0.4, 0.5) is 0 Å². The molecule has 24 heavy (non-hydrogen) atoms. The van der Waals surface area contributed by atoms with Crippen LogP contribution in [0.1, 0.15) is 34.9 Å². The Morgan fingerprint density at radius 1 is 1.21 bits per heavy atom. The second kappa shape index (κ2) is 6.13. The highest BCUT2D eigenvalue weighted by molar-refractivity contribution is 5.95. The minimum Gasteiger partial charge on any atom is -0.454 e. The standard InChI is InChI=1S/C18H18N2O4/c21-13-7-12(8-13)17(14-3-1-2-6-19-14)20-18(22)11-4-5-15-16(9-11)24-10-23-15/h1-6,9,12-13,17,21H,7-8,10H2,(H,20,22)/t12?,13?,17-/m0/s1. The maximum atomic E-state index is 12.7. The molecule has 1 aliphatic carbocycles. The van der Waals surface area contributed by atoms with Crippen molar-refractivity contribution in [1.29, 1.82) is 0 Å². The molecule has 0 saturated heterocycles. The quantitative estimate of drug-likeness (QED) is 0.899. The summed E-state index contributed by atoms with van der Waals surface area (Å²) in [5, 5.41) is 12.7. The lowest BCUT2D eigenvalue weighted by Gasteiger charge is -2.37. The van der Waals surface area contributed by atoms with E-state index in [4.69, 9.17) is 9.47 Å². The van der Waals surface area contributed by atoms with Crippen LogP contribution in [0.5, 0.6) is 11.5 Å². The molecule has 0 unspecified atom stereocenters. The second-order valence-electron chi connectivity index (χ2n) is 6.16. The highest BCUT2D eigenvalue weighted by Crippen LogP contribution is 2.38. The third kappa shape index (κ3) is 2.80. The van der Waals surface area contributed by atoms with Crippen molar-refractivity contribution < 1.29 is 19.4 Å². The lowest BCUT2D eigenvalue weighted by molar-refractivity contribution is 0.0228. The molecular weight excluding hydrogens is 308 g/mol. The van der Waals surface area contributed by atoms with Gasteiger partial charge in [-0.2, -0.15) is 0 Å². The largest absolute Gasteiger partial charge is 0.454 e. The van der Waals surface area contributed by atoms with Crippen LogP contribution in [0.3, 0.4) is 0 Å². The lowest BCUT2D eigenvalue weighted by Crippen LogP contribution is -2.41. The summed E-state index contributed by atoms with van der Waals surface area (Å²) in [6.45, 7) is 0.178. The van der Waals surface area contributed by atoms with E-state index in [1.807, 2.05) is 18.2 Å². The number of hydrogen-bond acceptors (Lipinski definition) is 5. The van der Waals surface area contributed by atoms with Crippen LogP contribution < -0.4 is 14.8 Å². The zero-order valence-corrected chi connectivity index (χ0v) is 13.0. The summed E-state index contributed by atoms with van der Waals surface area (Å²) in [7, 11) is 0. The fraction of sp³-hybridized carbons (Fsp3) is 0.333. The van der Waals surface area contributed by atoms with E-state index in [2.05, 4.69) is 10.3 Å². The molecule has 1 fully saturated rings. The van der Waals surface area contributed by atoms with E-state index in [0.717, 1.165) is 5.69 Å². The van der Waals surface area contributed by atoms with E-state index < -0.39 is 0 Å². The first-order valence-electron chi connectivity index (χ1n) is 8.00. The highest BCUT2D eigenvalue weighted by atomic mass is 16.7. The van der Waals surface area contributed by atoms with Crippen molar-refractivity contribution in [3.63, 3.8) is 0 Å². The molecule has 1 atom stereocenters. The van der Waals surface area contributed by atoms with Crippen molar-refractivity contribution in [2.24, 2.45) is 5.92 Å². The number of nitrogens with zero attached hydrogens (tertiary/aromatic N) is 1. The molecule has 6 nitrogen and oxygen atoms in total. The van der Waals surface area contributed by atoms with E-state index in [-0.39, 0.29) is 30.8 Å². The summed E-state index contributed by atoms with van der Waals surface area (Å²) in [5.41, 5.74) is 1.32. The van der Waals surface area contributed by atoms with Gasteiger partial charge in [0.05, 0.1) is 17.8 Å². The zero-order valence-electron chi connectivity index (χ0n) is 13.0. The predicted molar refractivity (Wildman–Crippen MR) is 85.7 cm³/mol. The summed E-state index contributed by atoms with van der Waals surface area (Å²) >= 11 is 0. The minimum absolute atomic E-state index is 0.178. The second-order valence-corrected chi connectivity index (χ2v) is 6.16. The fourth-order valence-electron chi connectivity index (χ4n) is 3.16. The number of aliphatic hydroxyl groups excluding tert-OH is 1. The number of benzene rings is 1. The van der Waals surface area contributed by atoms with Gasteiger partial charge in [-0.15, -0.1) is 0 Å². The van der Waals surface area contributed by atoms with Gasteiger partial charge in [0.1, 0.15) is 0 Å². The van der Waals surface area contributed by atoms with Crippen LogP contribution in [0.15, 0.2) is 42.6 Å². The van der Waals surface area contributed by atoms with Crippen LogP contribution >= 0.6 is 0 Å². The Morgan fingerprint density at radius 2 is 2.04 bits per heavy atom. The molecule has 1 aromatic carbocycles. The third-order valence-corrected chi connectivity index (χ3v) is 4.55. The molecule has 1 aromatic heterocycles. The molecule has 1 amide bonds. The zero-order chi connectivity index (χ0) is 16.5. The van der Waals surface area contributed by atoms with Crippen LogP contribution in [-0.2, 0) is 0 Å². The average Bonchev–Trinajstić information content (AvgIpc) is 3.05. The van der Waals surface area contributed by atoms with Crippen molar-refractivity contribution >= 4 is 5.91 Å². The summed E-state index contributed by atoms with van der Waals surface area (Å²) in [4.78, 5) is 17.0. The molecule has 1 aliphatic heterocycles. The fourth-order valence-corrected chi connectivity index (χ4v) is 3.16. The molecule has 6 heteroatoms. The molecular formula is C18H18N2O4. The molecule has 2 aromatic rings. The number of amides is 1. The van der Waals surface area contributed by atoms with Gasteiger partial charge in [-0.25, -0.2) is 0 Å². The Morgan fingerprint density at radius 3 is 2.79 bits per heavy atom. The van der Waals surface area contributed by atoms with Crippen molar-refractivity contribution in [3.05, 3.63) is 53.9 Å². The van der Waals surface area contributed by atoms with E-state index in [1.54, 1.807) is 24.4 Å². The lowest BCUT2D eigenvalue weighted by atomic mass is 9.76. The number of fused-ring (bicyclic) bond motifs is 1. The number of hydrogen-bond donors (Lipinski definition) is 2. The Kier molecular flexibility index (Phi) is 3.82. The third-order valence-electron chi connectivity index (χ3n) is 4.55. The van der Waals surface area contributed by atoms with Gasteiger partial charge in [-0.05, 0) is 49.1 Å². The van der Waals surface area contributed by atoms with Gasteiger partial charge in [0, 0.05) is 11.8 Å². The van der Waals surface area contributed by atoms with Crippen LogP contribution in [0.2, 0.25) is 0 Å². The van der Waals surface area contributed by atoms with Gasteiger partial charge in [-0.3, -0.25) is 9.78 Å². The normalized spacial score (nSPS) is 22.5. The summed E-state index contributed by atoms with van der Waals surface area (Å²) < 4.78 is 10.6. The molecule has 4 rings (SSSR count). The van der Waals surface area contributed by atoms with Gasteiger partial charge in [-0.1, -0.05) is 6.07 Å². The molecule has 0 bridgehead atoms. The summed E-state index contributed by atoms with van der Waals surface area (Å²) in [6, 6.07) is 10.6. The van der Waals surface area contributed by atoms with Crippen LogP contribution in [0.25, 0.3) is 0 Å². The van der Waals surface area contributed by atoms with Gasteiger partial charge in [0.2, 0.25) is 6.79 Å². The van der Waals surface area contributed by atoms with Crippen LogP contribution in [-0.4, -0.2) is 28.9 Å².